The van der Waals surface area contributed by atoms with Crippen LogP contribution in [0, 0.1) is 11.3 Å². The summed E-state index contributed by atoms with van der Waals surface area (Å²) in [6.07, 6.45) is 2.89. The van der Waals surface area contributed by atoms with Crippen molar-refractivity contribution in [3.05, 3.63) is 69.6 Å². The Morgan fingerprint density at radius 2 is 2.12 bits per heavy atom. The largest absolute Gasteiger partial charge is 0.482 e. The molecule has 120 valence electrons. The summed E-state index contributed by atoms with van der Waals surface area (Å²) in [5, 5.41) is 21.4. The molecule has 1 aliphatic rings. The van der Waals surface area contributed by atoms with E-state index in [2.05, 4.69) is 11.2 Å². The summed E-state index contributed by atoms with van der Waals surface area (Å²) in [5.74, 6) is 0.555. The number of nitrogens with zero attached hydrogens (tertiary/aromatic N) is 3. The van der Waals surface area contributed by atoms with Crippen molar-refractivity contribution in [3.63, 3.8) is 0 Å². The van der Waals surface area contributed by atoms with Crippen LogP contribution in [0.1, 0.15) is 25.0 Å². The fourth-order valence-electron chi connectivity index (χ4n) is 2.78. The number of nitriles is 1. The van der Waals surface area contributed by atoms with Gasteiger partial charge in [-0.15, -0.1) is 0 Å². The van der Waals surface area contributed by atoms with Crippen LogP contribution in [0.5, 0.6) is 5.75 Å². The summed E-state index contributed by atoms with van der Waals surface area (Å²) in [6.45, 7) is 3.64. The van der Waals surface area contributed by atoms with Gasteiger partial charge in [-0.1, -0.05) is 11.2 Å². The Hall–Kier alpha value is -3.33. The molecule has 0 spiro atoms. The predicted molar refractivity (Wildman–Crippen MR) is 89.2 cm³/mol. The summed E-state index contributed by atoms with van der Waals surface area (Å²) in [4.78, 5) is 12.4. The van der Waals surface area contributed by atoms with E-state index >= 15 is 0 Å². The van der Waals surface area contributed by atoms with E-state index in [1.807, 2.05) is 13.8 Å². The lowest BCUT2D eigenvalue weighted by molar-refractivity contribution is 0.150. The molecule has 6 heteroatoms. The number of rotatable bonds is 2. The molecule has 0 amide bonds. The standard InChI is InChI=1S/C18H15N3O3/c1-18(2)14(11-20-23)17(21-8-4-3-5-16(21)22)13-9-12(10-19)6-7-15(13)24-18/h3-9,11,23H,1-2H3/b20-11+. The molecular weight excluding hydrogens is 306 g/mol. The molecule has 2 heterocycles. The Balaban J connectivity index is 2.44. The van der Waals surface area contributed by atoms with E-state index in [4.69, 9.17) is 9.94 Å². The van der Waals surface area contributed by atoms with Crippen LogP contribution in [0.4, 0.5) is 0 Å². The van der Waals surface area contributed by atoms with Crippen molar-refractivity contribution in [2.24, 2.45) is 5.16 Å². The number of pyridine rings is 1. The van der Waals surface area contributed by atoms with Gasteiger partial charge in [0.1, 0.15) is 11.4 Å². The summed E-state index contributed by atoms with van der Waals surface area (Å²) in [7, 11) is 0. The third-order valence-electron chi connectivity index (χ3n) is 3.88. The van der Waals surface area contributed by atoms with Gasteiger partial charge >= 0.3 is 0 Å². The van der Waals surface area contributed by atoms with Crippen molar-refractivity contribution < 1.29 is 9.94 Å². The quantitative estimate of drug-likeness (QED) is 0.523. The lowest BCUT2D eigenvalue weighted by atomic mass is 9.89. The Kier molecular flexibility index (Phi) is 3.70. The molecule has 2 aromatic rings. The molecule has 0 unspecified atom stereocenters. The van der Waals surface area contributed by atoms with Crippen molar-refractivity contribution in [3.8, 4) is 11.8 Å². The maximum absolute atomic E-state index is 12.4. The molecule has 1 aliphatic heterocycles. The number of fused-ring (bicyclic) bond motifs is 1. The minimum Gasteiger partial charge on any atom is -0.482 e. The van der Waals surface area contributed by atoms with Crippen molar-refractivity contribution in [1.82, 2.24) is 4.57 Å². The van der Waals surface area contributed by atoms with E-state index in [0.29, 0.717) is 28.1 Å². The van der Waals surface area contributed by atoms with Crippen molar-refractivity contribution >= 4 is 11.9 Å². The van der Waals surface area contributed by atoms with Gasteiger partial charge in [0.15, 0.2) is 0 Å². The first-order valence-electron chi connectivity index (χ1n) is 7.31. The second-order valence-corrected chi connectivity index (χ2v) is 5.85. The molecule has 0 saturated carbocycles. The highest BCUT2D eigenvalue weighted by Crippen LogP contribution is 2.40. The van der Waals surface area contributed by atoms with Crippen molar-refractivity contribution in [1.29, 1.82) is 5.26 Å². The fourth-order valence-corrected chi connectivity index (χ4v) is 2.78. The third-order valence-corrected chi connectivity index (χ3v) is 3.88. The summed E-state index contributed by atoms with van der Waals surface area (Å²) >= 11 is 0. The Labute approximate surface area is 138 Å². The van der Waals surface area contributed by atoms with Gasteiger partial charge in [0.05, 0.1) is 23.5 Å². The third kappa shape index (κ3) is 2.46. The highest BCUT2D eigenvalue weighted by atomic mass is 16.5. The smallest absolute Gasteiger partial charge is 0.255 e. The van der Waals surface area contributed by atoms with Crippen LogP contribution in [0.3, 0.4) is 0 Å². The SMILES string of the molecule is CC1(C)Oc2ccc(C#N)cc2C(n2ccccc2=O)=C1/C=N/O. The van der Waals surface area contributed by atoms with Crippen molar-refractivity contribution in [2.45, 2.75) is 19.4 Å². The molecule has 0 radical (unpaired) electrons. The predicted octanol–water partition coefficient (Wildman–Crippen LogP) is 2.61. The van der Waals surface area contributed by atoms with E-state index in [0.717, 1.165) is 0 Å². The van der Waals surface area contributed by atoms with E-state index in [1.165, 1.54) is 16.8 Å². The average Bonchev–Trinajstić information content (AvgIpc) is 2.56. The molecule has 0 atom stereocenters. The second-order valence-electron chi connectivity index (χ2n) is 5.85. The lowest BCUT2D eigenvalue weighted by Crippen LogP contribution is -2.38. The van der Waals surface area contributed by atoms with Crippen molar-refractivity contribution in [2.75, 3.05) is 0 Å². The maximum atomic E-state index is 12.4. The van der Waals surface area contributed by atoms with Crippen LogP contribution in [0.2, 0.25) is 0 Å². The van der Waals surface area contributed by atoms with Crippen LogP contribution in [-0.4, -0.2) is 21.6 Å². The van der Waals surface area contributed by atoms with E-state index in [9.17, 15) is 10.1 Å². The zero-order valence-electron chi connectivity index (χ0n) is 13.2. The van der Waals surface area contributed by atoms with Gasteiger partial charge in [-0.3, -0.25) is 9.36 Å². The first-order valence-corrected chi connectivity index (χ1v) is 7.31. The fraction of sp³-hybridized carbons (Fsp3) is 0.167. The molecule has 1 aromatic heterocycles. The number of aromatic nitrogens is 1. The summed E-state index contributed by atoms with van der Waals surface area (Å²) in [6, 6.07) is 11.9. The molecule has 3 rings (SSSR count). The van der Waals surface area contributed by atoms with E-state index < -0.39 is 5.60 Å². The Morgan fingerprint density at radius 3 is 2.79 bits per heavy atom. The minimum absolute atomic E-state index is 0.234. The van der Waals surface area contributed by atoms with Gasteiger partial charge < -0.3 is 9.94 Å². The maximum Gasteiger partial charge on any atom is 0.255 e. The van der Waals surface area contributed by atoms with Gasteiger partial charge in [0, 0.05) is 23.4 Å². The normalized spacial score (nSPS) is 15.7. The molecule has 24 heavy (non-hydrogen) atoms. The molecule has 0 aliphatic carbocycles. The van der Waals surface area contributed by atoms with Crippen LogP contribution in [0.15, 0.2) is 58.1 Å². The number of oxime groups is 1. The molecule has 0 fully saturated rings. The van der Waals surface area contributed by atoms with E-state index in [-0.39, 0.29) is 5.56 Å². The Bertz CT molecular complexity index is 962. The molecule has 0 bridgehead atoms. The minimum atomic E-state index is -0.821. The Morgan fingerprint density at radius 1 is 1.33 bits per heavy atom. The molecule has 6 nitrogen and oxygen atoms in total. The van der Waals surface area contributed by atoms with Gasteiger partial charge in [-0.05, 0) is 38.1 Å². The number of benzene rings is 1. The zero-order chi connectivity index (χ0) is 17.3. The van der Waals surface area contributed by atoms with Gasteiger partial charge in [0.25, 0.3) is 5.56 Å². The number of ether oxygens (including phenoxy) is 1. The first-order chi connectivity index (χ1) is 11.5. The van der Waals surface area contributed by atoms with Gasteiger partial charge in [0.2, 0.25) is 0 Å². The van der Waals surface area contributed by atoms with Crippen LogP contribution < -0.4 is 10.3 Å². The average molecular weight is 321 g/mol. The molecule has 1 N–H and O–H groups in total. The summed E-state index contributed by atoms with van der Waals surface area (Å²) in [5.41, 5.74) is 1.04. The highest BCUT2D eigenvalue weighted by Gasteiger charge is 2.35. The molecular formula is C18H15N3O3. The first kappa shape index (κ1) is 15.6. The second kappa shape index (κ2) is 5.70. The molecule has 1 aromatic carbocycles. The lowest BCUT2D eigenvalue weighted by Gasteiger charge is -2.35. The molecule has 0 saturated heterocycles. The zero-order valence-corrected chi connectivity index (χ0v) is 13.2. The number of hydrogen-bond donors (Lipinski definition) is 1. The number of hydrogen-bond acceptors (Lipinski definition) is 5. The van der Waals surface area contributed by atoms with Crippen LogP contribution in [0.25, 0.3) is 5.70 Å². The monoisotopic (exact) mass is 321 g/mol. The highest BCUT2D eigenvalue weighted by molar-refractivity contribution is 5.95. The van der Waals surface area contributed by atoms with Crippen LogP contribution in [-0.2, 0) is 0 Å². The topological polar surface area (TPSA) is 87.6 Å². The van der Waals surface area contributed by atoms with E-state index in [1.54, 1.807) is 36.5 Å². The van der Waals surface area contributed by atoms with Gasteiger partial charge in [-0.2, -0.15) is 5.26 Å². The summed E-state index contributed by atoms with van der Waals surface area (Å²) < 4.78 is 7.45. The van der Waals surface area contributed by atoms with Crippen LogP contribution >= 0.6 is 0 Å². The van der Waals surface area contributed by atoms with Gasteiger partial charge in [-0.25, -0.2) is 0 Å².